The standard InChI is InChI=1S/C13H16N4O3/c1-8-4-6-16(7-5-8)13(20)17-11-9(12(19)15-17)2-3-10(18)14-11/h2-3,8H,4-7H2,1H3,(H,14,18)(H,15,19). The van der Waals surface area contributed by atoms with Gasteiger partial charge in [-0.3, -0.25) is 0 Å². The van der Waals surface area contributed by atoms with E-state index in [0.717, 1.165) is 17.5 Å². The van der Waals surface area contributed by atoms with E-state index < -0.39 is 0 Å². The van der Waals surface area contributed by atoms with Gasteiger partial charge in [-0.05, 0) is 24.8 Å². The molecule has 7 heteroatoms. The zero-order valence-corrected chi connectivity index (χ0v) is 11.2. The van der Waals surface area contributed by atoms with Gasteiger partial charge in [0.2, 0.25) is 11.8 Å². The van der Waals surface area contributed by atoms with Gasteiger partial charge in [-0.25, -0.2) is 4.79 Å². The molecule has 0 radical (unpaired) electrons. The lowest BCUT2D eigenvalue weighted by Gasteiger charge is -2.29. The van der Waals surface area contributed by atoms with E-state index in [4.69, 9.17) is 0 Å². The number of fused-ring (bicyclic) bond motifs is 1. The van der Waals surface area contributed by atoms with Crippen LogP contribution in [0, 0.1) is 5.92 Å². The van der Waals surface area contributed by atoms with Crippen LogP contribution in [0.4, 0.5) is 4.79 Å². The summed E-state index contributed by atoms with van der Waals surface area (Å²) in [6, 6.07) is 2.52. The quantitative estimate of drug-likeness (QED) is 0.761. The zero-order valence-electron chi connectivity index (χ0n) is 11.2. The van der Waals surface area contributed by atoms with Gasteiger partial charge < -0.3 is 15.1 Å². The van der Waals surface area contributed by atoms with Gasteiger partial charge in [0.05, 0.1) is 5.39 Å². The summed E-state index contributed by atoms with van der Waals surface area (Å²) in [5.74, 6) is 0.147. The first-order valence-electron chi connectivity index (χ1n) is 6.63. The summed E-state index contributed by atoms with van der Waals surface area (Å²) >= 11 is 0. The molecule has 0 saturated carbocycles. The first kappa shape index (κ1) is 12.7. The molecule has 3 heterocycles. The third kappa shape index (κ3) is 2.04. The molecular weight excluding hydrogens is 260 g/mol. The van der Waals surface area contributed by atoms with Gasteiger partial charge in [0, 0.05) is 19.2 Å². The number of carbonyl (C=O) groups is 1. The lowest BCUT2D eigenvalue weighted by Crippen LogP contribution is -2.40. The van der Waals surface area contributed by atoms with Gasteiger partial charge in [-0.15, -0.1) is 5.10 Å². The van der Waals surface area contributed by atoms with Crippen molar-refractivity contribution in [3.63, 3.8) is 0 Å². The minimum atomic E-state index is -0.319. The Labute approximate surface area is 115 Å². The number of hydrogen-bond acceptors (Lipinski definition) is 5. The predicted molar refractivity (Wildman–Crippen MR) is 71.6 cm³/mol. The van der Waals surface area contributed by atoms with Crippen LogP contribution in [0.5, 0.6) is 11.8 Å². The second kappa shape index (κ2) is 4.66. The smallest absolute Gasteiger partial charge is 0.346 e. The number of aromatic nitrogens is 3. The summed E-state index contributed by atoms with van der Waals surface area (Å²) in [4.78, 5) is 18.0. The number of carbonyl (C=O) groups excluding carboxylic acids is 1. The highest BCUT2D eigenvalue weighted by molar-refractivity contribution is 5.91. The molecule has 7 nitrogen and oxygen atoms in total. The number of amides is 1. The Morgan fingerprint density at radius 2 is 2.00 bits per heavy atom. The zero-order chi connectivity index (χ0) is 14.3. The third-order valence-electron chi connectivity index (χ3n) is 3.73. The number of pyridine rings is 1. The number of nitrogens with zero attached hydrogens (tertiary/aromatic N) is 4. The van der Waals surface area contributed by atoms with Crippen molar-refractivity contribution in [2.45, 2.75) is 19.8 Å². The summed E-state index contributed by atoms with van der Waals surface area (Å²) in [6.45, 7) is 3.50. The molecule has 1 fully saturated rings. The molecule has 0 bridgehead atoms. The molecule has 2 aromatic heterocycles. The Balaban J connectivity index is 1.97. The SMILES string of the molecule is CC1CCN(C(=O)n2nc(O)c3ccc(O)nc32)CC1. The minimum Gasteiger partial charge on any atom is -0.493 e. The van der Waals surface area contributed by atoms with Crippen molar-refractivity contribution >= 4 is 17.1 Å². The monoisotopic (exact) mass is 276 g/mol. The van der Waals surface area contributed by atoms with Crippen LogP contribution in [0.2, 0.25) is 0 Å². The first-order chi connectivity index (χ1) is 9.56. The number of rotatable bonds is 0. The summed E-state index contributed by atoms with van der Waals surface area (Å²) in [6.07, 6.45) is 1.91. The van der Waals surface area contributed by atoms with Crippen LogP contribution >= 0.6 is 0 Å². The van der Waals surface area contributed by atoms with Crippen LogP contribution in [0.1, 0.15) is 19.8 Å². The molecule has 0 atom stereocenters. The van der Waals surface area contributed by atoms with Crippen LogP contribution in [-0.4, -0.2) is 49.0 Å². The van der Waals surface area contributed by atoms with Gasteiger partial charge in [0.15, 0.2) is 5.65 Å². The maximum Gasteiger partial charge on any atom is 0.346 e. The Kier molecular flexibility index (Phi) is 2.96. The largest absolute Gasteiger partial charge is 0.493 e. The van der Waals surface area contributed by atoms with Crippen LogP contribution in [-0.2, 0) is 0 Å². The molecule has 1 saturated heterocycles. The van der Waals surface area contributed by atoms with Gasteiger partial charge in [0.1, 0.15) is 0 Å². The van der Waals surface area contributed by atoms with Crippen LogP contribution in [0.15, 0.2) is 12.1 Å². The highest BCUT2D eigenvalue weighted by Gasteiger charge is 2.25. The second-order valence-corrected chi connectivity index (χ2v) is 5.23. The average molecular weight is 276 g/mol. The predicted octanol–water partition coefficient (Wildman–Crippen LogP) is 1.54. The van der Waals surface area contributed by atoms with Gasteiger partial charge >= 0.3 is 6.03 Å². The third-order valence-corrected chi connectivity index (χ3v) is 3.73. The van der Waals surface area contributed by atoms with Crippen LogP contribution in [0.3, 0.4) is 0 Å². The lowest BCUT2D eigenvalue weighted by atomic mass is 10.00. The fraction of sp³-hybridized carbons (Fsp3) is 0.462. The molecule has 3 rings (SSSR count). The molecule has 2 N–H and O–H groups in total. The maximum absolute atomic E-state index is 12.4. The molecule has 2 aromatic rings. The molecular formula is C13H16N4O3. The normalized spacial score (nSPS) is 16.8. The van der Waals surface area contributed by atoms with Crippen molar-refractivity contribution in [2.24, 2.45) is 5.92 Å². The minimum absolute atomic E-state index is 0.172. The summed E-state index contributed by atoms with van der Waals surface area (Å²) in [5.41, 5.74) is 0.172. The molecule has 0 unspecified atom stereocenters. The van der Waals surface area contributed by atoms with Crippen molar-refractivity contribution in [3.8, 4) is 11.8 Å². The molecule has 1 aliphatic heterocycles. The second-order valence-electron chi connectivity index (χ2n) is 5.23. The van der Waals surface area contributed by atoms with Gasteiger partial charge in [0.25, 0.3) is 0 Å². The van der Waals surface area contributed by atoms with Crippen molar-refractivity contribution in [2.75, 3.05) is 13.1 Å². The number of aromatic hydroxyl groups is 2. The van der Waals surface area contributed by atoms with E-state index >= 15 is 0 Å². The topological polar surface area (TPSA) is 91.5 Å². The van der Waals surface area contributed by atoms with Crippen molar-refractivity contribution in [1.82, 2.24) is 19.7 Å². The first-order valence-corrected chi connectivity index (χ1v) is 6.63. The molecule has 0 aliphatic carbocycles. The highest BCUT2D eigenvalue weighted by atomic mass is 16.3. The average Bonchev–Trinajstić information content (AvgIpc) is 2.75. The van der Waals surface area contributed by atoms with E-state index in [2.05, 4.69) is 17.0 Å². The Morgan fingerprint density at radius 1 is 1.30 bits per heavy atom. The van der Waals surface area contributed by atoms with E-state index in [9.17, 15) is 15.0 Å². The van der Waals surface area contributed by atoms with E-state index in [1.807, 2.05) is 0 Å². The van der Waals surface area contributed by atoms with Crippen LogP contribution in [0.25, 0.3) is 11.0 Å². The van der Waals surface area contributed by atoms with Crippen molar-refractivity contribution in [1.29, 1.82) is 0 Å². The fourth-order valence-electron chi connectivity index (χ4n) is 2.44. The van der Waals surface area contributed by atoms with Gasteiger partial charge in [-0.1, -0.05) is 6.92 Å². The summed E-state index contributed by atoms with van der Waals surface area (Å²) in [5, 5.41) is 23.4. The number of piperidine rings is 1. The van der Waals surface area contributed by atoms with Crippen molar-refractivity contribution in [3.05, 3.63) is 12.1 Å². The number of likely N-dealkylation sites (tertiary alicyclic amines) is 1. The summed E-state index contributed by atoms with van der Waals surface area (Å²) in [7, 11) is 0. The highest BCUT2D eigenvalue weighted by Crippen LogP contribution is 2.25. The lowest BCUT2D eigenvalue weighted by molar-refractivity contribution is 0.173. The maximum atomic E-state index is 12.4. The Morgan fingerprint density at radius 3 is 2.70 bits per heavy atom. The Bertz CT molecular complexity index is 659. The van der Waals surface area contributed by atoms with Crippen molar-refractivity contribution < 1.29 is 15.0 Å². The summed E-state index contributed by atoms with van der Waals surface area (Å²) < 4.78 is 1.06. The Hall–Kier alpha value is -2.31. The molecule has 0 aromatic carbocycles. The van der Waals surface area contributed by atoms with E-state index in [1.54, 1.807) is 4.90 Å². The fourth-order valence-corrected chi connectivity index (χ4v) is 2.44. The van der Waals surface area contributed by atoms with E-state index in [1.165, 1.54) is 12.1 Å². The molecule has 20 heavy (non-hydrogen) atoms. The van der Waals surface area contributed by atoms with E-state index in [0.29, 0.717) is 24.4 Å². The molecule has 1 aliphatic rings. The molecule has 0 spiro atoms. The van der Waals surface area contributed by atoms with Gasteiger partial charge in [-0.2, -0.15) is 9.67 Å². The molecule has 1 amide bonds. The number of hydrogen-bond donors (Lipinski definition) is 2. The van der Waals surface area contributed by atoms with E-state index in [-0.39, 0.29) is 23.4 Å². The van der Waals surface area contributed by atoms with Crippen LogP contribution < -0.4 is 0 Å². The molecule has 106 valence electrons.